The lowest BCUT2D eigenvalue weighted by Crippen LogP contribution is -2.23. The summed E-state index contributed by atoms with van der Waals surface area (Å²) in [6.07, 6.45) is 0.349. The molecule has 3 rings (SSSR count). The van der Waals surface area contributed by atoms with Crippen molar-refractivity contribution in [1.29, 1.82) is 0 Å². The lowest BCUT2D eigenvalue weighted by molar-refractivity contribution is -0.144. The predicted octanol–water partition coefficient (Wildman–Crippen LogP) is 3.22. The fraction of sp³-hybridized carbons (Fsp3) is 0.238. The molecule has 1 N–H and O–H groups in total. The van der Waals surface area contributed by atoms with Crippen LogP contribution >= 0.6 is 15.9 Å². The van der Waals surface area contributed by atoms with Gasteiger partial charge in [-0.1, -0.05) is 15.9 Å². The molecule has 2 aromatic carbocycles. The molecule has 1 atom stereocenters. The van der Waals surface area contributed by atoms with Crippen molar-refractivity contribution in [1.82, 2.24) is 9.66 Å². The molecule has 1 heterocycles. The molecule has 10 heteroatoms. The zero-order valence-electron chi connectivity index (χ0n) is 17.2. The number of carboxylic acids is 1. The number of rotatable bonds is 7. The van der Waals surface area contributed by atoms with Gasteiger partial charge in [-0.25, -0.2) is 9.78 Å². The Morgan fingerprint density at radius 3 is 2.45 bits per heavy atom. The van der Waals surface area contributed by atoms with Gasteiger partial charge >= 0.3 is 5.97 Å². The second-order valence-electron chi connectivity index (χ2n) is 6.53. The minimum Gasteiger partial charge on any atom is -0.493 e. The van der Waals surface area contributed by atoms with Crippen molar-refractivity contribution in [2.75, 3.05) is 14.2 Å². The Morgan fingerprint density at radius 2 is 1.87 bits per heavy atom. The quantitative estimate of drug-likeness (QED) is 0.506. The molecular weight excluding hydrogens is 470 g/mol. The fourth-order valence-electron chi connectivity index (χ4n) is 2.84. The summed E-state index contributed by atoms with van der Waals surface area (Å²) in [5.74, 6) is -0.0232. The molecule has 1 aromatic heterocycles. The Kier molecular flexibility index (Phi) is 6.59. The van der Waals surface area contributed by atoms with Crippen LogP contribution < -0.4 is 19.8 Å². The van der Waals surface area contributed by atoms with Crippen molar-refractivity contribution < 1.29 is 24.1 Å². The van der Waals surface area contributed by atoms with Gasteiger partial charge in [-0.05, 0) is 44.2 Å². The molecule has 0 saturated carbocycles. The smallest absolute Gasteiger partial charge is 0.344 e. The molecule has 0 bridgehead atoms. The van der Waals surface area contributed by atoms with Gasteiger partial charge in [0.05, 0.1) is 31.3 Å². The highest BCUT2D eigenvalue weighted by molar-refractivity contribution is 9.10. The van der Waals surface area contributed by atoms with Crippen molar-refractivity contribution in [3.8, 4) is 17.2 Å². The maximum atomic E-state index is 12.9. The van der Waals surface area contributed by atoms with Crippen LogP contribution in [0.4, 0.5) is 0 Å². The van der Waals surface area contributed by atoms with Gasteiger partial charge in [0.2, 0.25) is 5.75 Å². The molecule has 0 spiro atoms. The molecule has 3 aromatic rings. The van der Waals surface area contributed by atoms with Crippen LogP contribution in [0.1, 0.15) is 18.3 Å². The third kappa shape index (κ3) is 4.69. The summed E-state index contributed by atoms with van der Waals surface area (Å²) in [6.45, 7) is 3.09. The van der Waals surface area contributed by atoms with Crippen LogP contribution in [0, 0.1) is 6.92 Å². The monoisotopic (exact) mass is 489 g/mol. The summed E-state index contributed by atoms with van der Waals surface area (Å²) in [5.41, 5.74) is 0.813. The summed E-state index contributed by atoms with van der Waals surface area (Å²) in [6, 6.07) is 8.46. The SMILES string of the molecule is COc1cc(C=Nn2c(C)nc3ccc(Br)cc3c2=O)cc(OC)c1O[C@@H](C)C(=O)O. The molecule has 0 unspecified atom stereocenters. The average molecular weight is 490 g/mol. The third-order valence-electron chi connectivity index (χ3n) is 4.42. The normalized spacial score (nSPS) is 12.2. The van der Waals surface area contributed by atoms with Crippen LogP contribution in [0.25, 0.3) is 10.9 Å². The lowest BCUT2D eigenvalue weighted by atomic mass is 10.2. The second kappa shape index (κ2) is 9.17. The van der Waals surface area contributed by atoms with Crippen LogP contribution in [0.3, 0.4) is 0 Å². The summed E-state index contributed by atoms with van der Waals surface area (Å²) in [4.78, 5) is 28.4. The highest BCUT2D eigenvalue weighted by atomic mass is 79.9. The molecule has 162 valence electrons. The number of nitrogens with zero attached hydrogens (tertiary/aromatic N) is 3. The van der Waals surface area contributed by atoms with E-state index in [0.717, 1.165) is 4.47 Å². The Morgan fingerprint density at radius 1 is 1.23 bits per heavy atom. The average Bonchev–Trinajstić information content (AvgIpc) is 2.74. The van der Waals surface area contributed by atoms with E-state index in [-0.39, 0.29) is 22.8 Å². The number of carbonyl (C=O) groups is 1. The first-order valence-corrected chi connectivity index (χ1v) is 9.93. The zero-order valence-corrected chi connectivity index (χ0v) is 18.8. The van der Waals surface area contributed by atoms with Crippen molar-refractivity contribution in [3.63, 3.8) is 0 Å². The van der Waals surface area contributed by atoms with E-state index in [0.29, 0.717) is 22.3 Å². The number of hydrogen-bond donors (Lipinski definition) is 1. The first-order chi connectivity index (χ1) is 14.7. The summed E-state index contributed by atoms with van der Waals surface area (Å²) in [7, 11) is 2.85. The molecular formula is C21H20BrN3O6. The van der Waals surface area contributed by atoms with E-state index in [1.807, 2.05) is 6.07 Å². The highest BCUT2D eigenvalue weighted by Gasteiger charge is 2.20. The van der Waals surface area contributed by atoms with Gasteiger partial charge in [-0.3, -0.25) is 4.79 Å². The van der Waals surface area contributed by atoms with Gasteiger partial charge in [0.15, 0.2) is 17.6 Å². The van der Waals surface area contributed by atoms with E-state index in [9.17, 15) is 9.59 Å². The molecule has 0 aliphatic carbocycles. The summed E-state index contributed by atoms with van der Waals surface area (Å²) in [5, 5.41) is 13.8. The van der Waals surface area contributed by atoms with Gasteiger partial charge in [-0.15, -0.1) is 0 Å². The van der Waals surface area contributed by atoms with Crippen LogP contribution in [0.15, 0.2) is 44.7 Å². The number of carboxylic acid groups (broad SMARTS) is 1. The Hall–Kier alpha value is -3.40. The standard InChI is InChI=1S/C21H20BrN3O6/c1-11(21(27)28)31-19-17(29-3)7-13(8-18(19)30-4)10-23-25-12(2)24-16-6-5-14(22)9-15(16)20(25)26/h5-11H,1-4H3,(H,27,28)/t11-/m0/s1. The number of hydrogen-bond acceptors (Lipinski definition) is 7. The number of aliphatic carboxylic acids is 1. The summed E-state index contributed by atoms with van der Waals surface area (Å²) < 4.78 is 18.1. The van der Waals surface area contributed by atoms with E-state index in [1.54, 1.807) is 31.2 Å². The van der Waals surface area contributed by atoms with E-state index in [1.165, 1.54) is 32.0 Å². The zero-order chi connectivity index (χ0) is 22.7. The molecule has 0 fully saturated rings. The number of aromatic nitrogens is 2. The topological polar surface area (TPSA) is 112 Å². The van der Waals surface area contributed by atoms with E-state index in [2.05, 4.69) is 26.0 Å². The van der Waals surface area contributed by atoms with Crippen LogP contribution in [0.5, 0.6) is 17.2 Å². The molecule has 9 nitrogen and oxygen atoms in total. The second-order valence-corrected chi connectivity index (χ2v) is 7.45. The molecule has 0 aliphatic rings. The molecule has 31 heavy (non-hydrogen) atoms. The lowest BCUT2D eigenvalue weighted by Gasteiger charge is -2.17. The van der Waals surface area contributed by atoms with Crippen molar-refractivity contribution in [3.05, 3.63) is 56.5 Å². The number of methoxy groups -OCH3 is 2. The number of benzene rings is 2. The van der Waals surface area contributed by atoms with E-state index >= 15 is 0 Å². The van der Waals surface area contributed by atoms with Crippen molar-refractivity contribution in [2.24, 2.45) is 5.10 Å². The van der Waals surface area contributed by atoms with E-state index in [4.69, 9.17) is 19.3 Å². The summed E-state index contributed by atoms with van der Waals surface area (Å²) >= 11 is 3.36. The Labute approximate surface area is 186 Å². The molecule has 0 saturated heterocycles. The number of halogens is 1. The number of ether oxygens (including phenoxy) is 3. The van der Waals surface area contributed by atoms with Gasteiger partial charge in [0, 0.05) is 10.0 Å². The highest BCUT2D eigenvalue weighted by Crippen LogP contribution is 2.39. The maximum absolute atomic E-state index is 12.9. The Bertz CT molecular complexity index is 1210. The van der Waals surface area contributed by atoms with Gasteiger partial charge < -0.3 is 19.3 Å². The number of fused-ring (bicyclic) bond motifs is 1. The Balaban J connectivity index is 2.05. The maximum Gasteiger partial charge on any atom is 0.344 e. The largest absolute Gasteiger partial charge is 0.493 e. The third-order valence-corrected chi connectivity index (χ3v) is 4.91. The first kappa shape index (κ1) is 22.3. The van der Waals surface area contributed by atoms with Crippen molar-refractivity contribution >= 4 is 39.0 Å². The van der Waals surface area contributed by atoms with Gasteiger partial charge in [0.1, 0.15) is 5.82 Å². The molecule has 0 aliphatic heterocycles. The molecule has 0 radical (unpaired) electrons. The van der Waals surface area contributed by atoms with Crippen molar-refractivity contribution in [2.45, 2.75) is 20.0 Å². The van der Waals surface area contributed by atoms with E-state index < -0.39 is 12.1 Å². The van der Waals surface area contributed by atoms with Gasteiger partial charge in [-0.2, -0.15) is 9.78 Å². The molecule has 0 amide bonds. The first-order valence-electron chi connectivity index (χ1n) is 9.14. The minimum atomic E-state index is -1.12. The number of aryl methyl sites for hydroxylation is 1. The van der Waals surface area contributed by atoms with Crippen LogP contribution in [-0.4, -0.2) is 47.3 Å². The van der Waals surface area contributed by atoms with Crippen LogP contribution in [0.2, 0.25) is 0 Å². The predicted molar refractivity (Wildman–Crippen MR) is 119 cm³/mol. The van der Waals surface area contributed by atoms with Crippen LogP contribution in [-0.2, 0) is 4.79 Å². The van der Waals surface area contributed by atoms with Gasteiger partial charge in [0.25, 0.3) is 5.56 Å². The fourth-order valence-corrected chi connectivity index (χ4v) is 3.20. The minimum absolute atomic E-state index is 0.155.